The van der Waals surface area contributed by atoms with E-state index in [9.17, 15) is 9.59 Å². The Bertz CT molecular complexity index is 513. The standard InChI is InChI=1S/C14H18N2O3/c1-9-3-5-12(19-2)10(7-9)8-16-13(17)6-4-11(15)14(16)18/h3,5,7,11H,4,6,8,15H2,1-2H3. The molecule has 102 valence electrons. The Hall–Kier alpha value is -1.88. The van der Waals surface area contributed by atoms with E-state index >= 15 is 0 Å². The SMILES string of the molecule is COc1ccc(C)cc1CN1C(=O)CCC(N)C1=O. The fourth-order valence-electron chi connectivity index (χ4n) is 2.23. The smallest absolute Gasteiger partial charge is 0.246 e. The molecule has 0 saturated carbocycles. The number of carbonyl (C=O) groups is 2. The third-order valence-electron chi connectivity index (χ3n) is 3.32. The topological polar surface area (TPSA) is 72.6 Å². The second kappa shape index (κ2) is 5.40. The van der Waals surface area contributed by atoms with Crippen molar-refractivity contribution in [2.75, 3.05) is 7.11 Å². The molecule has 0 bridgehead atoms. The molecule has 5 nitrogen and oxygen atoms in total. The van der Waals surface area contributed by atoms with Crippen LogP contribution in [0.4, 0.5) is 0 Å². The molecule has 2 amide bonds. The first-order chi connectivity index (χ1) is 9.02. The van der Waals surface area contributed by atoms with E-state index in [1.165, 1.54) is 4.90 Å². The number of nitrogens with zero attached hydrogens (tertiary/aromatic N) is 1. The van der Waals surface area contributed by atoms with Gasteiger partial charge in [0.1, 0.15) is 5.75 Å². The number of imide groups is 1. The largest absolute Gasteiger partial charge is 0.496 e. The Labute approximate surface area is 112 Å². The molecule has 1 aliphatic heterocycles. The van der Waals surface area contributed by atoms with Crippen LogP contribution >= 0.6 is 0 Å². The number of benzene rings is 1. The van der Waals surface area contributed by atoms with Crippen molar-refractivity contribution in [1.29, 1.82) is 0 Å². The molecule has 0 spiro atoms. The molecule has 5 heteroatoms. The van der Waals surface area contributed by atoms with Crippen LogP contribution in [-0.2, 0) is 16.1 Å². The van der Waals surface area contributed by atoms with E-state index in [-0.39, 0.29) is 18.4 Å². The number of methoxy groups -OCH3 is 1. The molecular formula is C14H18N2O3. The highest BCUT2D eigenvalue weighted by Gasteiger charge is 2.32. The first kappa shape index (κ1) is 13.5. The average molecular weight is 262 g/mol. The van der Waals surface area contributed by atoms with Crippen LogP contribution in [-0.4, -0.2) is 29.9 Å². The number of aryl methyl sites for hydroxylation is 1. The Morgan fingerprint density at radius 2 is 2.16 bits per heavy atom. The summed E-state index contributed by atoms with van der Waals surface area (Å²) >= 11 is 0. The van der Waals surface area contributed by atoms with E-state index < -0.39 is 6.04 Å². The number of likely N-dealkylation sites (tertiary alicyclic amines) is 1. The fourth-order valence-corrected chi connectivity index (χ4v) is 2.23. The molecule has 1 saturated heterocycles. The van der Waals surface area contributed by atoms with Crippen molar-refractivity contribution in [1.82, 2.24) is 4.90 Å². The van der Waals surface area contributed by atoms with Crippen LogP contribution in [0.2, 0.25) is 0 Å². The minimum atomic E-state index is -0.575. The van der Waals surface area contributed by atoms with Crippen molar-refractivity contribution in [3.8, 4) is 5.75 Å². The van der Waals surface area contributed by atoms with E-state index in [1.807, 2.05) is 25.1 Å². The van der Waals surface area contributed by atoms with Crippen molar-refractivity contribution in [3.63, 3.8) is 0 Å². The first-order valence-electron chi connectivity index (χ1n) is 6.26. The molecule has 0 aliphatic carbocycles. The van der Waals surface area contributed by atoms with Gasteiger partial charge in [0.05, 0.1) is 19.7 Å². The maximum absolute atomic E-state index is 12.0. The number of ether oxygens (including phenoxy) is 1. The van der Waals surface area contributed by atoms with Crippen LogP contribution in [0.5, 0.6) is 5.75 Å². The van der Waals surface area contributed by atoms with Crippen molar-refractivity contribution in [2.45, 2.75) is 32.4 Å². The molecule has 1 fully saturated rings. The maximum atomic E-state index is 12.0. The molecule has 19 heavy (non-hydrogen) atoms. The van der Waals surface area contributed by atoms with Gasteiger partial charge in [0.2, 0.25) is 11.8 Å². The van der Waals surface area contributed by atoms with Crippen molar-refractivity contribution < 1.29 is 14.3 Å². The van der Waals surface area contributed by atoms with Gasteiger partial charge in [-0.25, -0.2) is 0 Å². The van der Waals surface area contributed by atoms with Gasteiger partial charge in [0.25, 0.3) is 0 Å². The lowest BCUT2D eigenvalue weighted by molar-refractivity contribution is -0.149. The minimum Gasteiger partial charge on any atom is -0.496 e. The van der Waals surface area contributed by atoms with Gasteiger partial charge in [-0.1, -0.05) is 17.7 Å². The Balaban J connectivity index is 2.26. The minimum absolute atomic E-state index is 0.171. The Morgan fingerprint density at radius 1 is 1.42 bits per heavy atom. The quantitative estimate of drug-likeness (QED) is 0.824. The Morgan fingerprint density at radius 3 is 2.84 bits per heavy atom. The average Bonchev–Trinajstić information content (AvgIpc) is 2.39. The molecule has 1 aromatic rings. The van der Waals surface area contributed by atoms with Crippen LogP contribution in [0.1, 0.15) is 24.0 Å². The number of hydrogen-bond acceptors (Lipinski definition) is 4. The van der Waals surface area contributed by atoms with Crippen LogP contribution < -0.4 is 10.5 Å². The van der Waals surface area contributed by atoms with Crippen LogP contribution in [0.15, 0.2) is 18.2 Å². The van der Waals surface area contributed by atoms with E-state index in [4.69, 9.17) is 10.5 Å². The molecule has 1 aromatic carbocycles. The van der Waals surface area contributed by atoms with Gasteiger partial charge in [-0.15, -0.1) is 0 Å². The third kappa shape index (κ3) is 2.76. The van der Waals surface area contributed by atoms with Gasteiger partial charge in [-0.2, -0.15) is 0 Å². The molecule has 1 unspecified atom stereocenters. The summed E-state index contributed by atoms with van der Waals surface area (Å²) in [4.78, 5) is 25.0. The van der Waals surface area contributed by atoms with Crippen molar-refractivity contribution >= 4 is 11.8 Å². The lowest BCUT2D eigenvalue weighted by atomic mass is 10.0. The summed E-state index contributed by atoms with van der Waals surface area (Å²) in [5, 5.41) is 0. The van der Waals surface area contributed by atoms with Crippen LogP contribution in [0, 0.1) is 6.92 Å². The monoisotopic (exact) mass is 262 g/mol. The van der Waals surface area contributed by atoms with Gasteiger partial charge >= 0.3 is 0 Å². The zero-order chi connectivity index (χ0) is 14.0. The number of nitrogens with two attached hydrogens (primary N) is 1. The van der Waals surface area contributed by atoms with E-state index in [1.54, 1.807) is 7.11 Å². The summed E-state index contributed by atoms with van der Waals surface area (Å²) in [7, 11) is 1.57. The molecule has 1 heterocycles. The summed E-state index contributed by atoms with van der Waals surface area (Å²) < 4.78 is 5.26. The lowest BCUT2D eigenvalue weighted by Crippen LogP contribution is -2.50. The summed E-state index contributed by atoms with van der Waals surface area (Å²) in [5.74, 6) is 0.195. The lowest BCUT2D eigenvalue weighted by Gasteiger charge is -2.29. The number of hydrogen-bond donors (Lipinski definition) is 1. The zero-order valence-corrected chi connectivity index (χ0v) is 11.2. The predicted molar refractivity (Wildman–Crippen MR) is 70.5 cm³/mol. The number of piperidine rings is 1. The summed E-state index contributed by atoms with van der Waals surface area (Å²) in [6.07, 6.45) is 0.750. The normalized spacial score (nSPS) is 19.7. The summed E-state index contributed by atoms with van der Waals surface area (Å²) in [6, 6.07) is 5.10. The second-order valence-corrected chi connectivity index (χ2v) is 4.78. The summed E-state index contributed by atoms with van der Waals surface area (Å²) in [5.41, 5.74) is 7.58. The van der Waals surface area contributed by atoms with Crippen LogP contribution in [0.25, 0.3) is 0 Å². The fraction of sp³-hybridized carbons (Fsp3) is 0.429. The summed E-state index contributed by atoms with van der Waals surface area (Å²) in [6.45, 7) is 2.17. The predicted octanol–water partition coefficient (Wildman–Crippen LogP) is 0.980. The number of amides is 2. The Kier molecular flexibility index (Phi) is 3.85. The van der Waals surface area contributed by atoms with Crippen molar-refractivity contribution in [3.05, 3.63) is 29.3 Å². The van der Waals surface area contributed by atoms with Gasteiger partial charge in [0.15, 0.2) is 0 Å². The highest BCUT2D eigenvalue weighted by Crippen LogP contribution is 2.23. The van der Waals surface area contributed by atoms with Gasteiger partial charge in [-0.3, -0.25) is 14.5 Å². The zero-order valence-electron chi connectivity index (χ0n) is 11.2. The second-order valence-electron chi connectivity index (χ2n) is 4.78. The molecule has 2 rings (SSSR count). The first-order valence-corrected chi connectivity index (χ1v) is 6.26. The van der Waals surface area contributed by atoms with E-state index in [0.29, 0.717) is 18.6 Å². The van der Waals surface area contributed by atoms with E-state index in [2.05, 4.69) is 0 Å². The molecule has 2 N–H and O–H groups in total. The maximum Gasteiger partial charge on any atom is 0.246 e. The molecule has 0 radical (unpaired) electrons. The van der Waals surface area contributed by atoms with Crippen molar-refractivity contribution in [2.24, 2.45) is 5.73 Å². The van der Waals surface area contributed by atoms with Gasteiger partial charge < -0.3 is 10.5 Å². The number of rotatable bonds is 3. The molecule has 0 aromatic heterocycles. The molecule has 1 aliphatic rings. The van der Waals surface area contributed by atoms with Gasteiger partial charge in [-0.05, 0) is 19.4 Å². The molecule has 1 atom stereocenters. The highest BCUT2D eigenvalue weighted by molar-refractivity contribution is 6.00. The molecular weight excluding hydrogens is 244 g/mol. The van der Waals surface area contributed by atoms with Gasteiger partial charge in [0, 0.05) is 12.0 Å². The van der Waals surface area contributed by atoms with Crippen LogP contribution in [0.3, 0.4) is 0 Å². The van der Waals surface area contributed by atoms with E-state index in [0.717, 1.165) is 11.1 Å². The highest BCUT2D eigenvalue weighted by atomic mass is 16.5. The third-order valence-corrected chi connectivity index (χ3v) is 3.32. The number of carbonyl (C=O) groups excluding carboxylic acids is 2.